The molecule has 0 radical (unpaired) electrons. The van der Waals surface area contributed by atoms with E-state index in [0.717, 1.165) is 11.8 Å². The molecule has 72 valence electrons. The van der Waals surface area contributed by atoms with Crippen LogP contribution in [0.1, 0.15) is 52.4 Å². The van der Waals surface area contributed by atoms with Crippen LogP contribution in [-0.4, -0.2) is 5.38 Å². The van der Waals surface area contributed by atoms with Crippen molar-refractivity contribution in [3.05, 3.63) is 0 Å². The Balaban J connectivity index is 2.06. The third-order valence-electron chi connectivity index (χ3n) is 2.92. The van der Waals surface area contributed by atoms with E-state index in [1.807, 2.05) is 0 Å². The van der Waals surface area contributed by atoms with E-state index >= 15 is 0 Å². The fourth-order valence-electron chi connectivity index (χ4n) is 2.11. The van der Waals surface area contributed by atoms with Crippen LogP contribution in [0.3, 0.4) is 0 Å². The Bertz CT molecular complexity index is 120. The second-order valence-corrected chi connectivity index (χ2v) is 5.09. The summed E-state index contributed by atoms with van der Waals surface area (Å²) in [5.74, 6) is 1.70. The molecule has 12 heavy (non-hydrogen) atoms. The Morgan fingerprint density at radius 2 is 2.08 bits per heavy atom. The predicted molar refractivity (Wildman–Crippen MR) is 55.7 cm³/mol. The summed E-state index contributed by atoms with van der Waals surface area (Å²) in [6.07, 6.45) is 8.12. The molecule has 0 heterocycles. The molecule has 0 spiro atoms. The van der Waals surface area contributed by atoms with Crippen molar-refractivity contribution in [2.75, 3.05) is 0 Å². The number of hydrogen-bond donors (Lipinski definition) is 0. The summed E-state index contributed by atoms with van der Waals surface area (Å²) in [7, 11) is 0. The van der Waals surface area contributed by atoms with Gasteiger partial charge in [0.25, 0.3) is 0 Å². The summed E-state index contributed by atoms with van der Waals surface area (Å²) in [5, 5.41) is 0.497. The highest BCUT2D eigenvalue weighted by Crippen LogP contribution is 2.33. The monoisotopic (exact) mass is 188 g/mol. The number of hydrogen-bond acceptors (Lipinski definition) is 0. The van der Waals surface area contributed by atoms with Crippen LogP contribution in [0.15, 0.2) is 0 Å². The molecule has 0 aliphatic heterocycles. The fraction of sp³-hybridized carbons (Fsp3) is 1.00. The Hall–Kier alpha value is 0.290. The van der Waals surface area contributed by atoms with Gasteiger partial charge in [0.15, 0.2) is 0 Å². The molecule has 2 unspecified atom stereocenters. The summed E-state index contributed by atoms with van der Waals surface area (Å²) >= 11 is 6.19. The van der Waals surface area contributed by atoms with Gasteiger partial charge in [-0.05, 0) is 31.1 Å². The summed E-state index contributed by atoms with van der Waals surface area (Å²) in [6, 6.07) is 0. The SMILES string of the molecule is CC(C)CCCC1CCCC1Cl. The first-order chi connectivity index (χ1) is 5.70. The second-order valence-electron chi connectivity index (χ2n) is 4.53. The van der Waals surface area contributed by atoms with Crippen LogP contribution < -0.4 is 0 Å². The first kappa shape index (κ1) is 10.4. The Labute approximate surface area is 81.7 Å². The number of rotatable bonds is 4. The van der Waals surface area contributed by atoms with Crippen LogP contribution in [0.2, 0.25) is 0 Å². The molecule has 0 saturated heterocycles. The van der Waals surface area contributed by atoms with Gasteiger partial charge in [0.05, 0.1) is 0 Å². The van der Waals surface area contributed by atoms with E-state index in [1.165, 1.54) is 38.5 Å². The highest BCUT2D eigenvalue weighted by Gasteiger charge is 2.24. The maximum absolute atomic E-state index is 6.19. The fourth-order valence-corrected chi connectivity index (χ4v) is 2.51. The number of alkyl halides is 1. The maximum Gasteiger partial charge on any atom is 0.0364 e. The normalized spacial score (nSPS) is 30.0. The lowest BCUT2D eigenvalue weighted by atomic mass is 9.97. The zero-order valence-electron chi connectivity index (χ0n) is 8.35. The lowest BCUT2D eigenvalue weighted by molar-refractivity contribution is 0.444. The van der Waals surface area contributed by atoms with Gasteiger partial charge in [-0.1, -0.05) is 33.1 Å². The van der Waals surface area contributed by atoms with Crippen LogP contribution in [0, 0.1) is 11.8 Å². The highest BCUT2D eigenvalue weighted by molar-refractivity contribution is 6.20. The van der Waals surface area contributed by atoms with Crippen LogP contribution in [-0.2, 0) is 0 Å². The van der Waals surface area contributed by atoms with Gasteiger partial charge in [0, 0.05) is 5.38 Å². The summed E-state index contributed by atoms with van der Waals surface area (Å²) < 4.78 is 0. The van der Waals surface area contributed by atoms with Gasteiger partial charge in [-0.3, -0.25) is 0 Å². The smallest absolute Gasteiger partial charge is 0.0364 e. The molecular weight excluding hydrogens is 168 g/mol. The molecule has 0 N–H and O–H groups in total. The molecule has 1 fully saturated rings. The summed E-state index contributed by atoms with van der Waals surface area (Å²) in [4.78, 5) is 0. The molecule has 0 nitrogen and oxygen atoms in total. The van der Waals surface area contributed by atoms with Crippen molar-refractivity contribution in [1.82, 2.24) is 0 Å². The Morgan fingerprint density at radius 3 is 2.58 bits per heavy atom. The lowest BCUT2D eigenvalue weighted by Gasteiger charge is -2.13. The molecule has 1 heteroatoms. The first-order valence-corrected chi connectivity index (χ1v) is 5.78. The molecule has 0 aromatic rings. The second kappa shape index (κ2) is 5.11. The molecule has 1 aliphatic carbocycles. The molecule has 0 bridgehead atoms. The van der Waals surface area contributed by atoms with E-state index in [0.29, 0.717) is 5.38 Å². The van der Waals surface area contributed by atoms with Crippen molar-refractivity contribution in [1.29, 1.82) is 0 Å². The molecule has 0 aromatic heterocycles. The summed E-state index contributed by atoms with van der Waals surface area (Å²) in [6.45, 7) is 4.60. The maximum atomic E-state index is 6.19. The minimum Gasteiger partial charge on any atom is -0.123 e. The lowest BCUT2D eigenvalue weighted by Crippen LogP contribution is -2.06. The highest BCUT2D eigenvalue weighted by atomic mass is 35.5. The predicted octanol–water partition coefficient (Wildman–Crippen LogP) is 4.22. The molecule has 0 aromatic carbocycles. The van der Waals surface area contributed by atoms with E-state index in [9.17, 15) is 0 Å². The quantitative estimate of drug-likeness (QED) is 0.580. The van der Waals surface area contributed by atoms with Crippen molar-refractivity contribution in [3.63, 3.8) is 0 Å². The third kappa shape index (κ3) is 3.35. The molecule has 1 rings (SSSR count). The molecular formula is C11H21Cl. The van der Waals surface area contributed by atoms with Gasteiger partial charge >= 0.3 is 0 Å². The molecule has 1 aliphatic rings. The van der Waals surface area contributed by atoms with Crippen molar-refractivity contribution in [2.45, 2.75) is 57.7 Å². The van der Waals surface area contributed by atoms with Gasteiger partial charge in [-0.25, -0.2) is 0 Å². The van der Waals surface area contributed by atoms with Crippen LogP contribution in [0.4, 0.5) is 0 Å². The number of halogens is 1. The molecule has 0 amide bonds. The average molecular weight is 189 g/mol. The van der Waals surface area contributed by atoms with Crippen LogP contribution >= 0.6 is 11.6 Å². The van der Waals surface area contributed by atoms with E-state index in [-0.39, 0.29) is 0 Å². The zero-order chi connectivity index (χ0) is 8.97. The Morgan fingerprint density at radius 1 is 1.33 bits per heavy atom. The van der Waals surface area contributed by atoms with Gasteiger partial charge in [-0.2, -0.15) is 0 Å². The van der Waals surface area contributed by atoms with Crippen LogP contribution in [0.5, 0.6) is 0 Å². The topological polar surface area (TPSA) is 0 Å². The Kier molecular flexibility index (Phi) is 4.42. The third-order valence-corrected chi connectivity index (χ3v) is 3.50. The van der Waals surface area contributed by atoms with Gasteiger partial charge in [0.1, 0.15) is 0 Å². The van der Waals surface area contributed by atoms with Crippen molar-refractivity contribution < 1.29 is 0 Å². The minimum absolute atomic E-state index is 0.497. The standard InChI is InChI=1S/C11H21Cl/c1-9(2)5-3-6-10-7-4-8-11(10)12/h9-11H,3-8H2,1-2H3. The van der Waals surface area contributed by atoms with Crippen molar-refractivity contribution in [2.24, 2.45) is 11.8 Å². The average Bonchev–Trinajstić information content (AvgIpc) is 2.36. The van der Waals surface area contributed by atoms with E-state index < -0.39 is 0 Å². The zero-order valence-corrected chi connectivity index (χ0v) is 9.11. The van der Waals surface area contributed by atoms with Gasteiger partial charge < -0.3 is 0 Å². The van der Waals surface area contributed by atoms with E-state index in [2.05, 4.69) is 13.8 Å². The minimum atomic E-state index is 0.497. The first-order valence-electron chi connectivity index (χ1n) is 5.34. The molecule has 2 atom stereocenters. The van der Waals surface area contributed by atoms with E-state index in [1.54, 1.807) is 0 Å². The van der Waals surface area contributed by atoms with Gasteiger partial charge in [0.2, 0.25) is 0 Å². The van der Waals surface area contributed by atoms with Crippen LogP contribution in [0.25, 0.3) is 0 Å². The van der Waals surface area contributed by atoms with Crippen molar-refractivity contribution >= 4 is 11.6 Å². The largest absolute Gasteiger partial charge is 0.123 e. The van der Waals surface area contributed by atoms with Gasteiger partial charge in [-0.15, -0.1) is 11.6 Å². The van der Waals surface area contributed by atoms with E-state index in [4.69, 9.17) is 11.6 Å². The summed E-state index contributed by atoms with van der Waals surface area (Å²) in [5.41, 5.74) is 0. The molecule has 1 saturated carbocycles. The van der Waals surface area contributed by atoms with Crippen molar-refractivity contribution in [3.8, 4) is 0 Å².